The Morgan fingerprint density at radius 2 is 1.92 bits per heavy atom. The fourth-order valence-electron chi connectivity index (χ4n) is 1.02. The molecule has 0 heterocycles. The summed E-state index contributed by atoms with van der Waals surface area (Å²) in [6, 6.07) is 0. The number of hydrogen-bond acceptors (Lipinski definition) is 2. The van der Waals surface area contributed by atoms with E-state index in [0.717, 1.165) is 12.8 Å². The molecule has 0 radical (unpaired) electrons. The normalized spacial score (nSPS) is 10.4. The van der Waals surface area contributed by atoms with Crippen LogP contribution in [-0.4, -0.2) is 13.1 Å². The molecular weight excluding hydrogens is 152 g/mol. The van der Waals surface area contributed by atoms with Gasteiger partial charge in [-0.1, -0.05) is 25.0 Å². The third-order valence-corrected chi connectivity index (χ3v) is 1.69. The van der Waals surface area contributed by atoms with Gasteiger partial charge >= 0.3 is 0 Å². The molecule has 2 nitrogen and oxygen atoms in total. The van der Waals surface area contributed by atoms with E-state index in [1.807, 2.05) is 6.92 Å². The van der Waals surface area contributed by atoms with E-state index in [-0.39, 0.29) is 0 Å². The highest BCUT2D eigenvalue weighted by Gasteiger charge is 1.88. The topological polar surface area (TPSA) is 26.3 Å². The van der Waals surface area contributed by atoms with Crippen LogP contribution in [0.5, 0.6) is 0 Å². The Labute approximate surface area is 74.6 Å². The van der Waals surface area contributed by atoms with Crippen molar-refractivity contribution in [1.82, 2.24) is 0 Å². The highest BCUT2D eigenvalue weighted by atomic mass is 16.5. The van der Waals surface area contributed by atoms with Crippen LogP contribution in [0.25, 0.3) is 0 Å². The molecule has 0 aromatic rings. The third-order valence-electron chi connectivity index (χ3n) is 1.69. The van der Waals surface area contributed by atoms with Crippen molar-refractivity contribution in [3.05, 3.63) is 12.2 Å². The monoisotopic (exact) mass is 170 g/mol. The molecule has 0 atom stereocenters. The summed E-state index contributed by atoms with van der Waals surface area (Å²) in [6.07, 6.45) is 10.1. The Morgan fingerprint density at radius 3 is 2.58 bits per heavy atom. The first-order valence-corrected chi connectivity index (χ1v) is 4.58. The quantitative estimate of drug-likeness (QED) is 0.318. The molecule has 0 aromatic heterocycles. The molecule has 0 aliphatic heterocycles. The molecule has 0 rings (SSSR count). The van der Waals surface area contributed by atoms with E-state index in [1.54, 1.807) is 0 Å². The minimum Gasteiger partial charge on any atom is -0.468 e. The minimum atomic E-state index is 0.514. The van der Waals surface area contributed by atoms with E-state index in [9.17, 15) is 4.79 Å². The minimum absolute atomic E-state index is 0.514. The summed E-state index contributed by atoms with van der Waals surface area (Å²) in [5, 5.41) is 0. The van der Waals surface area contributed by atoms with Gasteiger partial charge in [-0.2, -0.15) is 0 Å². The van der Waals surface area contributed by atoms with Gasteiger partial charge < -0.3 is 4.74 Å². The van der Waals surface area contributed by atoms with Gasteiger partial charge in [-0.05, 0) is 26.2 Å². The summed E-state index contributed by atoms with van der Waals surface area (Å²) in [4.78, 5) is 9.75. The van der Waals surface area contributed by atoms with Crippen molar-refractivity contribution in [2.45, 2.75) is 39.0 Å². The second-order valence-corrected chi connectivity index (χ2v) is 2.74. The maximum atomic E-state index is 9.75. The van der Waals surface area contributed by atoms with Gasteiger partial charge in [-0.15, -0.1) is 0 Å². The molecule has 0 unspecified atom stereocenters. The van der Waals surface area contributed by atoms with E-state index in [2.05, 4.69) is 16.9 Å². The smallest absolute Gasteiger partial charge is 0.293 e. The van der Waals surface area contributed by atoms with Gasteiger partial charge in [0.1, 0.15) is 0 Å². The van der Waals surface area contributed by atoms with Crippen molar-refractivity contribution in [3.63, 3.8) is 0 Å². The summed E-state index contributed by atoms with van der Waals surface area (Å²) in [6.45, 7) is 3.13. The molecule has 0 bridgehead atoms. The number of rotatable bonds is 8. The molecule has 0 saturated heterocycles. The van der Waals surface area contributed by atoms with Crippen LogP contribution >= 0.6 is 0 Å². The van der Waals surface area contributed by atoms with Crippen LogP contribution in [0.15, 0.2) is 12.2 Å². The molecule has 0 saturated carbocycles. The van der Waals surface area contributed by atoms with Gasteiger partial charge in [0.25, 0.3) is 6.47 Å². The van der Waals surface area contributed by atoms with E-state index >= 15 is 0 Å². The van der Waals surface area contributed by atoms with Crippen LogP contribution in [0.1, 0.15) is 39.0 Å². The van der Waals surface area contributed by atoms with Crippen molar-refractivity contribution < 1.29 is 9.53 Å². The van der Waals surface area contributed by atoms with E-state index in [1.165, 1.54) is 19.3 Å². The second kappa shape index (κ2) is 10.2. The fourth-order valence-corrected chi connectivity index (χ4v) is 1.02. The first-order chi connectivity index (χ1) is 5.91. The lowest BCUT2D eigenvalue weighted by molar-refractivity contribution is -0.128. The summed E-state index contributed by atoms with van der Waals surface area (Å²) in [5.41, 5.74) is 0. The number of carbonyl (C=O) groups is 1. The summed E-state index contributed by atoms with van der Waals surface area (Å²) in [5.74, 6) is 0. The zero-order valence-corrected chi connectivity index (χ0v) is 7.79. The standard InChI is InChI=1S/C10H18O2/c1-2-3-4-5-6-7-8-9-12-10-11/h2-3,10H,4-9H2,1H3. The summed E-state index contributed by atoms with van der Waals surface area (Å²) >= 11 is 0. The van der Waals surface area contributed by atoms with Gasteiger partial charge in [0.15, 0.2) is 0 Å². The van der Waals surface area contributed by atoms with Crippen LogP contribution in [0.2, 0.25) is 0 Å². The molecule has 12 heavy (non-hydrogen) atoms. The molecule has 70 valence electrons. The van der Waals surface area contributed by atoms with Crippen LogP contribution in [0.4, 0.5) is 0 Å². The molecule has 0 fully saturated rings. The Balaban J connectivity index is 2.86. The molecular formula is C10H18O2. The van der Waals surface area contributed by atoms with Gasteiger partial charge in [0.05, 0.1) is 6.61 Å². The fraction of sp³-hybridized carbons (Fsp3) is 0.700. The van der Waals surface area contributed by atoms with Crippen LogP contribution in [0, 0.1) is 0 Å². The molecule has 0 aliphatic carbocycles. The third kappa shape index (κ3) is 9.21. The van der Waals surface area contributed by atoms with Crippen molar-refractivity contribution in [1.29, 1.82) is 0 Å². The average Bonchev–Trinajstić information content (AvgIpc) is 2.10. The number of unbranched alkanes of at least 4 members (excludes halogenated alkanes) is 4. The van der Waals surface area contributed by atoms with Gasteiger partial charge in [0.2, 0.25) is 0 Å². The Morgan fingerprint density at radius 1 is 1.17 bits per heavy atom. The highest BCUT2D eigenvalue weighted by molar-refractivity contribution is 5.36. The molecule has 0 amide bonds. The highest BCUT2D eigenvalue weighted by Crippen LogP contribution is 2.03. The van der Waals surface area contributed by atoms with Gasteiger partial charge in [-0.3, -0.25) is 4.79 Å². The van der Waals surface area contributed by atoms with Crippen molar-refractivity contribution in [3.8, 4) is 0 Å². The van der Waals surface area contributed by atoms with E-state index < -0.39 is 0 Å². The van der Waals surface area contributed by atoms with E-state index in [0.29, 0.717) is 13.1 Å². The number of allylic oxidation sites excluding steroid dienone is 2. The lowest BCUT2D eigenvalue weighted by Gasteiger charge is -1.98. The molecule has 2 heteroatoms. The molecule has 0 spiro atoms. The number of ether oxygens (including phenoxy) is 1. The zero-order chi connectivity index (χ0) is 9.07. The first-order valence-electron chi connectivity index (χ1n) is 4.58. The largest absolute Gasteiger partial charge is 0.468 e. The van der Waals surface area contributed by atoms with Crippen molar-refractivity contribution >= 4 is 6.47 Å². The Kier molecular flexibility index (Phi) is 9.54. The lowest BCUT2D eigenvalue weighted by Crippen LogP contribution is -1.90. The molecule has 0 N–H and O–H groups in total. The second-order valence-electron chi connectivity index (χ2n) is 2.74. The lowest BCUT2D eigenvalue weighted by atomic mass is 10.1. The molecule has 0 aromatic carbocycles. The van der Waals surface area contributed by atoms with Crippen molar-refractivity contribution in [2.75, 3.05) is 6.61 Å². The first kappa shape index (κ1) is 11.2. The number of hydrogen-bond donors (Lipinski definition) is 0. The Bertz CT molecular complexity index is 119. The zero-order valence-electron chi connectivity index (χ0n) is 7.79. The van der Waals surface area contributed by atoms with Crippen molar-refractivity contribution in [2.24, 2.45) is 0 Å². The predicted octanol–water partition coefficient (Wildman–Crippen LogP) is 2.69. The van der Waals surface area contributed by atoms with Crippen LogP contribution in [-0.2, 0) is 9.53 Å². The summed E-state index contributed by atoms with van der Waals surface area (Å²) < 4.78 is 4.57. The maximum Gasteiger partial charge on any atom is 0.293 e. The maximum absolute atomic E-state index is 9.75. The van der Waals surface area contributed by atoms with E-state index in [4.69, 9.17) is 0 Å². The summed E-state index contributed by atoms with van der Waals surface area (Å²) in [7, 11) is 0. The SMILES string of the molecule is CC=CCCCCCCOC=O. The average molecular weight is 170 g/mol. The Hall–Kier alpha value is -0.790. The van der Waals surface area contributed by atoms with Crippen LogP contribution < -0.4 is 0 Å². The van der Waals surface area contributed by atoms with Crippen LogP contribution in [0.3, 0.4) is 0 Å². The molecule has 0 aliphatic rings. The number of carbonyl (C=O) groups excluding carboxylic acids is 1. The van der Waals surface area contributed by atoms with Gasteiger partial charge in [0, 0.05) is 0 Å². The van der Waals surface area contributed by atoms with Gasteiger partial charge in [-0.25, -0.2) is 0 Å². The predicted molar refractivity (Wildman–Crippen MR) is 49.9 cm³/mol.